The first kappa shape index (κ1) is 23.4. The van der Waals surface area contributed by atoms with E-state index in [2.05, 4.69) is 26.6 Å². The number of hydrogen-bond acceptors (Lipinski definition) is 5. The number of anilines is 1. The standard InChI is InChI=1S/C26H20BrClN2O5/c1-34-24(32)14-2-6-17(7-3-14)35-21-9-4-15(27)12-18(21)23-26(11-10-22(31)30-23)19-8-5-16(28)13-20(19)29-25(26)33/h2-9,12-13,23H,10-11H2,1H3,(H,29,33)(H,30,31)/t23-,26-/m1/s1. The Labute approximate surface area is 214 Å². The lowest BCUT2D eigenvalue weighted by Gasteiger charge is -2.40. The fraction of sp³-hybridized carbons (Fsp3) is 0.192. The van der Waals surface area contributed by atoms with E-state index in [-0.39, 0.29) is 18.2 Å². The zero-order valence-electron chi connectivity index (χ0n) is 18.6. The van der Waals surface area contributed by atoms with Gasteiger partial charge in [0, 0.05) is 27.2 Å². The summed E-state index contributed by atoms with van der Waals surface area (Å²) in [7, 11) is 1.32. The van der Waals surface area contributed by atoms with Crippen molar-refractivity contribution in [1.82, 2.24) is 5.32 Å². The van der Waals surface area contributed by atoms with Gasteiger partial charge in [-0.2, -0.15) is 0 Å². The molecule has 0 saturated carbocycles. The van der Waals surface area contributed by atoms with Crippen LogP contribution in [0.25, 0.3) is 0 Å². The Morgan fingerprint density at radius 2 is 1.86 bits per heavy atom. The summed E-state index contributed by atoms with van der Waals surface area (Å²) in [6.45, 7) is 0. The molecule has 2 heterocycles. The van der Waals surface area contributed by atoms with E-state index in [0.717, 1.165) is 10.0 Å². The molecule has 0 unspecified atom stereocenters. The first-order valence-electron chi connectivity index (χ1n) is 10.9. The number of esters is 1. The van der Waals surface area contributed by atoms with Crippen LogP contribution in [0.15, 0.2) is 65.1 Å². The molecule has 2 atom stereocenters. The molecule has 2 aliphatic rings. The number of piperidine rings is 1. The predicted molar refractivity (Wildman–Crippen MR) is 134 cm³/mol. The number of halogens is 2. The van der Waals surface area contributed by atoms with Gasteiger partial charge < -0.3 is 20.1 Å². The molecule has 5 rings (SSSR count). The van der Waals surface area contributed by atoms with Gasteiger partial charge in [0.2, 0.25) is 11.8 Å². The van der Waals surface area contributed by atoms with Crippen LogP contribution in [-0.2, 0) is 19.7 Å². The summed E-state index contributed by atoms with van der Waals surface area (Å²) in [5, 5.41) is 6.50. The third-order valence-electron chi connectivity index (χ3n) is 6.45. The van der Waals surface area contributed by atoms with Crippen molar-refractivity contribution in [3.8, 4) is 11.5 Å². The lowest BCUT2D eigenvalue weighted by Crippen LogP contribution is -2.52. The van der Waals surface area contributed by atoms with Crippen LogP contribution in [0.4, 0.5) is 5.69 Å². The first-order chi connectivity index (χ1) is 16.8. The second-order valence-corrected chi connectivity index (χ2v) is 9.77. The summed E-state index contributed by atoms with van der Waals surface area (Å²) in [5.41, 5.74) is 1.43. The van der Waals surface area contributed by atoms with Crippen molar-refractivity contribution in [1.29, 1.82) is 0 Å². The molecule has 3 aromatic rings. The van der Waals surface area contributed by atoms with Crippen molar-refractivity contribution in [3.05, 3.63) is 86.8 Å². The molecule has 0 radical (unpaired) electrons. The van der Waals surface area contributed by atoms with Gasteiger partial charge in [-0.1, -0.05) is 33.6 Å². The second-order valence-electron chi connectivity index (χ2n) is 8.42. The van der Waals surface area contributed by atoms with Crippen LogP contribution in [0.3, 0.4) is 0 Å². The average Bonchev–Trinajstić information content (AvgIpc) is 3.12. The third-order valence-corrected chi connectivity index (χ3v) is 7.17. The molecule has 2 aliphatic heterocycles. The van der Waals surface area contributed by atoms with E-state index in [1.54, 1.807) is 42.5 Å². The minimum atomic E-state index is -1.03. The van der Waals surface area contributed by atoms with Gasteiger partial charge in [0.15, 0.2) is 0 Å². The molecule has 3 aromatic carbocycles. The number of fused-ring (bicyclic) bond motifs is 2. The highest BCUT2D eigenvalue weighted by Crippen LogP contribution is 2.53. The van der Waals surface area contributed by atoms with Crippen molar-refractivity contribution < 1.29 is 23.9 Å². The zero-order chi connectivity index (χ0) is 24.7. The number of benzene rings is 3. The Kier molecular flexibility index (Phi) is 6.02. The van der Waals surface area contributed by atoms with Crippen LogP contribution in [0.2, 0.25) is 5.02 Å². The Morgan fingerprint density at radius 3 is 2.60 bits per heavy atom. The summed E-state index contributed by atoms with van der Waals surface area (Å²) < 4.78 is 11.7. The van der Waals surface area contributed by atoms with Crippen molar-refractivity contribution in [2.75, 3.05) is 12.4 Å². The Morgan fingerprint density at radius 1 is 1.09 bits per heavy atom. The van der Waals surface area contributed by atoms with Crippen LogP contribution in [0.1, 0.15) is 40.4 Å². The highest BCUT2D eigenvalue weighted by Gasteiger charge is 2.56. The first-order valence-corrected chi connectivity index (χ1v) is 12.1. The Hall–Kier alpha value is -3.36. The molecule has 1 spiro atoms. The third kappa shape index (κ3) is 4.06. The molecule has 1 fully saturated rings. The molecule has 178 valence electrons. The number of ether oxygens (including phenoxy) is 2. The van der Waals surface area contributed by atoms with Crippen LogP contribution >= 0.6 is 27.5 Å². The van der Waals surface area contributed by atoms with Crippen LogP contribution in [0, 0.1) is 0 Å². The summed E-state index contributed by atoms with van der Waals surface area (Å²) in [4.78, 5) is 37.8. The average molecular weight is 556 g/mol. The molecule has 2 N–H and O–H groups in total. The summed E-state index contributed by atoms with van der Waals surface area (Å²) in [6.07, 6.45) is 0.551. The summed E-state index contributed by atoms with van der Waals surface area (Å²) in [6, 6.07) is 16.6. The van der Waals surface area contributed by atoms with Crippen LogP contribution in [-0.4, -0.2) is 24.9 Å². The summed E-state index contributed by atoms with van der Waals surface area (Å²) >= 11 is 9.69. The van der Waals surface area contributed by atoms with Crippen LogP contribution < -0.4 is 15.4 Å². The van der Waals surface area contributed by atoms with Gasteiger partial charge in [-0.05, 0) is 66.6 Å². The molecule has 35 heavy (non-hydrogen) atoms. The summed E-state index contributed by atoms with van der Waals surface area (Å²) in [5.74, 6) is 0.164. The maximum absolute atomic E-state index is 13.5. The number of hydrogen-bond donors (Lipinski definition) is 2. The molecule has 0 aliphatic carbocycles. The maximum atomic E-state index is 13.5. The largest absolute Gasteiger partial charge is 0.465 e. The van der Waals surface area contributed by atoms with E-state index in [1.807, 2.05) is 18.2 Å². The topological polar surface area (TPSA) is 93.7 Å². The lowest BCUT2D eigenvalue weighted by molar-refractivity contribution is -0.130. The number of amides is 2. The van der Waals surface area contributed by atoms with E-state index in [4.69, 9.17) is 21.1 Å². The maximum Gasteiger partial charge on any atom is 0.337 e. The van der Waals surface area contributed by atoms with Gasteiger partial charge in [-0.25, -0.2) is 4.79 Å². The van der Waals surface area contributed by atoms with Crippen molar-refractivity contribution in [3.63, 3.8) is 0 Å². The quantitative estimate of drug-likeness (QED) is 0.413. The Balaban J connectivity index is 1.59. The number of carbonyl (C=O) groups excluding carboxylic acids is 3. The molecule has 9 heteroatoms. The van der Waals surface area contributed by atoms with Crippen molar-refractivity contribution >= 4 is 51.0 Å². The molecule has 1 saturated heterocycles. The van der Waals surface area contributed by atoms with Gasteiger partial charge >= 0.3 is 5.97 Å². The molecule has 2 amide bonds. The molecule has 0 aromatic heterocycles. The molecule has 7 nitrogen and oxygen atoms in total. The number of carbonyl (C=O) groups is 3. The SMILES string of the molecule is COC(=O)c1ccc(Oc2ccc(Br)cc2[C@H]2NC(=O)CC[C@]23C(=O)Nc2cc(Cl)ccc23)cc1. The van der Waals surface area contributed by atoms with Gasteiger partial charge in [0.25, 0.3) is 0 Å². The van der Waals surface area contributed by atoms with Gasteiger partial charge in [-0.3, -0.25) is 9.59 Å². The highest BCUT2D eigenvalue weighted by atomic mass is 79.9. The van der Waals surface area contributed by atoms with E-state index in [0.29, 0.717) is 39.8 Å². The van der Waals surface area contributed by atoms with Crippen LogP contribution in [0.5, 0.6) is 11.5 Å². The number of rotatable bonds is 4. The van der Waals surface area contributed by atoms with Gasteiger partial charge in [0.05, 0.1) is 18.7 Å². The minimum Gasteiger partial charge on any atom is -0.465 e. The predicted octanol–water partition coefficient (Wildman–Crippen LogP) is 5.52. The number of methoxy groups -OCH3 is 1. The van der Waals surface area contributed by atoms with Crippen molar-refractivity contribution in [2.45, 2.75) is 24.3 Å². The van der Waals surface area contributed by atoms with E-state index >= 15 is 0 Å². The minimum absolute atomic E-state index is 0.149. The fourth-order valence-electron chi connectivity index (χ4n) is 4.80. The van der Waals surface area contributed by atoms with E-state index < -0.39 is 17.4 Å². The van der Waals surface area contributed by atoms with Gasteiger partial charge in [0.1, 0.15) is 16.9 Å². The smallest absolute Gasteiger partial charge is 0.337 e. The number of nitrogens with one attached hydrogen (secondary N) is 2. The molecular weight excluding hydrogens is 536 g/mol. The normalized spacial score (nSPS) is 20.7. The van der Waals surface area contributed by atoms with E-state index in [9.17, 15) is 14.4 Å². The monoisotopic (exact) mass is 554 g/mol. The zero-order valence-corrected chi connectivity index (χ0v) is 20.9. The highest BCUT2D eigenvalue weighted by molar-refractivity contribution is 9.10. The van der Waals surface area contributed by atoms with E-state index in [1.165, 1.54) is 7.11 Å². The van der Waals surface area contributed by atoms with Crippen molar-refractivity contribution in [2.24, 2.45) is 0 Å². The lowest BCUT2D eigenvalue weighted by atomic mass is 9.67. The molecular formula is C26H20BrClN2O5. The Bertz CT molecular complexity index is 1360. The van der Waals surface area contributed by atoms with Gasteiger partial charge in [-0.15, -0.1) is 0 Å². The second kappa shape index (κ2) is 9.02. The molecule has 0 bridgehead atoms. The fourth-order valence-corrected chi connectivity index (χ4v) is 5.35.